The van der Waals surface area contributed by atoms with Gasteiger partial charge in [-0.25, -0.2) is 0 Å². The Morgan fingerprint density at radius 1 is 1.00 bits per heavy atom. The van der Waals surface area contributed by atoms with Gasteiger partial charge in [0, 0.05) is 34.6 Å². The Balaban J connectivity index is 1.29. The van der Waals surface area contributed by atoms with Crippen LogP contribution in [-0.2, 0) is 14.4 Å². The van der Waals surface area contributed by atoms with Gasteiger partial charge in [0.05, 0.1) is 23.2 Å². The van der Waals surface area contributed by atoms with Crippen LogP contribution in [0.25, 0.3) is 10.8 Å². The Bertz CT molecular complexity index is 1520. The monoisotopic (exact) mass is 665 g/mol. The highest BCUT2D eigenvalue weighted by Crippen LogP contribution is 2.67. The number of aliphatic hydroxyl groups is 1. The standard InChI is InChI=1S/C33H36BrN3O5S/c1-2-42-24-14-12-22(13-15-24)35-30(39)26-27-32(41)37(16-6-3-7-17-38)29(33(27)19-25(34)28(26)43-33)31(40)36-23-11-10-20-8-4-5-9-21(20)18-23/h4-5,8-15,18,25-29,38H,2-3,6-7,16-17,19H2,1H3,(H,35,39)(H,36,40)/t25?,26-,27+,28-,29?,33?/m1/s1. The van der Waals surface area contributed by atoms with Crippen molar-refractivity contribution in [2.24, 2.45) is 11.8 Å². The highest BCUT2D eigenvalue weighted by Gasteiger charge is 2.75. The first-order valence-electron chi connectivity index (χ1n) is 14.9. The minimum atomic E-state index is -0.728. The SMILES string of the molecule is CCOc1ccc(NC(=O)[C@H]2[C@@H]3SC4(CC3Br)C(C(=O)Nc3ccc5ccccc5c3)N(CCCCCO)C(=O)[C@H]24)cc1. The topological polar surface area (TPSA) is 108 Å². The molecule has 6 atom stereocenters. The van der Waals surface area contributed by atoms with E-state index in [-0.39, 0.29) is 34.4 Å². The molecule has 3 aromatic carbocycles. The third-order valence-electron chi connectivity index (χ3n) is 8.85. The summed E-state index contributed by atoms with van der Waals surface area (Å²) in [6.45, 7) is 2.96. The molecule has 3 N–H and O–H groups in total. The molecule has 0 aromatic heterocycles. The van der Waals surface area contributed by atoms with Crippen molar-refractivity contribution in [3.63, 3.8) is 0 Å². The number of rotatable bonds is 11. The molecule has 1 spiro atoms. The first-order valence-corrected chi connectivity index (χ1v) is 16.7. The molecule has 2 bridgehead atoms. The first kappa shape index (κ1) is 30.0. The van der Waals surface area contributed by atoms with Gasteiger partial charge in [0.1, 0.15) is 11.8 Å². The van der Waals surface area contributed by atoms with Crippen LogP contribution < -0.4 is 15.4 Å². The summed E-state index contributed by atoms with van der Waals surface area (Å²) in [7, 11) is 0. The molecule has 0 saturated carbocycles. The molecule has 226 valence electrons. The summed E-state index contributed by atoms with van der Waals surface area (Å²) in [4.78, 5) is 44.0. The van der Waals surface area contributed by atoms with Gasteiger partial charge in [-0.3, -0.25) is 14.4 Å². The normalized spacial score (nSPS) is 27.4. The van der Waals surface area contributed by atoms with Crippen LogP contribution in [-0.4, -0.2) is 68.4 Å². The minimum absolute atomic E-state index is 0.0112. The molecular weight excluding hydrogens is 630 g/mol. The van der Waals surface area contributed by atoms with Gasteiger partial charge >= 0.3 is 0 Å². The van der Waals surface area contributed by atoms with E-state index < -0.39 is 22.6 Å². The highest BCUT2D eigenvalue weighted by atomic mass is 79.9. The van der Waals surface area contributed by atoms with Gasteiger partial charge in [-0.05, 0) is 79.8 Å². The molecule has 10 heteroatoms. The minimum Gasteiger partial charge on any atom is -0.494 e. The van der Waals surface area contributed by atoms with E-state index in [1.807, 2.05) is 61.5 Å². The summed E-state index contributed by atoms with van der Waals surface area (Å²) in [6.07, 6.45) is 2.67. The van der Waals surface area contributed by atoms with Gasteiger partial charge in [0.2, 0.25) is 17.7 Å². The Labute approximate surface area is 264 Å². The van der Waals surface area contributed by atoms with E-state index in [1.54, 1.807) is 28.8 Å². The number of carbonyl (C=O) groups is 3. The van der Waals surface area contributed by atoms with Crippen molar-refractivity contribution in [3.05, 3.63) is 66.7 Å². The van der Waals surface area contributed by atoms with Gasteiger partial charge in [-0.15, -0.1) is 11.8 Å². The van der Waals surface area contributed by atoms with Crippen molar-refractivity contribution >= 4 is 67.6 Å². The number of aliphatic hydroxyl groups excluding tert-OH is 1. The molecule has 43 heavy (non-hydrogen) atoms. The number of hydrogen-bond donors (Lipinski definition) is 3. The number of unbranched alkanes of at least 4 members (excludes halogenated alkanes) is 2. The number of alkyl halides is 1. The fraction of sp³-hybridized carbons (Fsp3) is 0.424. The van der Waals surface area contributed by atoms with Crippen LogP contribution in [0.4, 0.5) is 11.4 Å². The predicted octanol–water partition coefficient (Wildman–Crippen LogP) is 5.44. The molecule has 3 aliphatic rings. The first-order chi connectivity index (χ1) is 20.9. The van der Waals surface area contributed by atoms with Crippen molar-refractivity contribution in [3.8, 4) is 5.75 Å². The number of ether oxygens (including phenoxy) is 1. The lowest BCUT2D eigenvalue weighted by Crippen LogP contribution is -2.52. The number of hydrogen-bond acceptors (Lipinski definition) is 6. The van der Waals surface area contributed by atoms with Crippen molar-refractivity contribution in [2.75, 3.05) is 30.4 Å². The molecule has 3 saturated heterocycles. The van der Waals surface area contributed by atoms with Crippen molar-refractivity contribution in [2.45, 2.75) is 53.5 Å². The van der Waals surface area contributed by atoms with Crippen molar-refractivity contribution < 1.29 is 24.2 Å². The van der Waals surface area contributed by atoms with Crippen LogP contribution in [0.5, 0.6) is 5.75 Å². The number of halogens is 1. The molecule has 3 aromatic rings. The number of fused-ring (bicyclic) bond motifs is 2. The summed E-state index contributed by atoms with van der Waals surface area (Å²) < 4.78 is 4.80. The molecule has 3 amide bonds. The smallest absolute Gasteiger partial charge is 0.248 e. The zero-order valence-corrected chi connectivity index (χ0v) is 26.4. The molecule has 3 fully saturated rings. The lowest BCUT2D eigenvalue weighted by molar-refractivity contribution is -0.138. The lowest BCUT2D eigenvalue weighted by Gasteiger charge is -2.35. The second-order valence-electron chi connectivity index (χ2n) is 11.5. The Kier molecular flexibility index (Phi) is 8.71. The average Bonchev–Trinajstić information content (AvgIpc) is 3.59. The van der Waals surface area contributed by atoms with Gasteiger partial charge in [-0.2, -0.15) is 0 Å². The van der Waals surface area contributed by atoms with Crippen LogP contribution in [0.15, 0.2) is 66.7 Å². The van der Waals surface area contributed by atoms with Crippen molar-refractivity contribution in [1.82, 2.24) is 4.90 Å². The second-order valence-corrected chi connectivity index (χ2v) is 14.2. The van der Waals surface area contributed by atoms with Crippen molar-refractivity contribution in [1.29, 1.82) is 0 Å². The summed E-state index contributed by atoms with van der Waals surface area (Å²) in [5, 5.41) is 17.4. The van der Waals surface area contributed by atoms with E-state index in [1.165, 1.54) is 0 Å². The van der Waals surface area contributed by atoms with Gasteiger partial charge < -0.3 is 25.4 Å². The maximum atomic E-state index is 14.2. The Morgan fingerprint density at radius 2 is 1.72 bits per heavy atom. The summed E-state index contributed by atoms with van der Waals surface area (Å²) in [5.74, 6) is -1.04. The number of likely N-dealkylation sites (tertiary alicyclic amines) is 1. The maximum absolute atomic E-state index is 14.2. The van der Waals surface area contributed by atoms with Crippen LogP contribution in [0.1, 0.15) is 32.6 Å². The fourth-order valence-corrected chi connectivity index (χ4v) is 10.7. The largest absolute Gasteiger partial charge is 0.494 e. The number of thioether (sulfide) groups is 1. The summed E-state index contributed by atoms with van der Waals surface area (Å²) in [6, 6.07) is 20.3. The van der Waals surface area contributed by atoms with E-state index in [0.717, 1.165) is 22.9 Å². The van der Waals surface area contributed by atoms with E-state index >= 15 is 0 Å². The third-order valence-corrected chi connectivity index (χ3v) is 12.1. The summed E-state index contributed by atoms with van der Waals surface area (Å²) in [5.41, 5.74) is 1.31. The number of anilines is 2. The van der Waals surface area contributed by atoms with Gasteiger partial charge in [0.15, 0.2) is 0 Å². The predicted molar refractivity (Wildman–Crippen MR) is 174 cm³/mol. The molecule has 0 radical (unpaired) electrons. The third kappa shape index (κ3) is 5.53. The average molecular weight is 667 g/mol. The van der Waals surface area contributed by atoms with E-state index in [9.17, 15) is 19.5 Å². The molecule has 3 heterocycles. The quantitative estimate of drug-likeness (QED) is 0.186. The molecule has 0 aliphatic carbocycles. The lowest BCUT2D eigenvalue weighted by atomic mass is 9.70. The fourth-order valence-electron chi connectivity index (χ4n) is 7.05. The van der Waals surface area contributed by atoms with E-state index in [0.29, 0.717) is 43.8 Å². The van der Waals surface area contributed by atoms with Crippen LogP contribution in [0.3, 0.4) is 0 Å². The van der Waals surface area contributed by atoms with Gasteiger partial charge in [-0.1, -0.05) is 46.3 Å². The Hall–Kier alpha value is -3.08. The molecule has 6 rings (SSSR count). The Morgan fingerprint density at radius 3 is 2.47 bits per heavy atom. The second kappa shape index (κ2) is 12.5. The molecular formula is C33H36BrN3O5S. The highest BCUT2D eigenvalue weighted by molar-refractivity contribution is 9.09. The molecule has 8 nitrogen and oxygen atoms in total. The summed E-state index contributed by atoms with van der Waals surface area (Å²) >= 11 is 5.45. The van der Waals surface area contributed by atoms with Gasteiger partial charge in [0.25, 0.3) is 0 Å². The van der Waals surface area contributed by atoms with Crippen LogP contribution in [0.2, 0.25) is 0 Å². The van der Waals surface area contributed by atoms with Crippen LogP contribution >= 0.6 is 27.7 Å². The maximum Gasteiger partial charge on any atom is 0.248 e. The number of benzene rings is 3. The number of nitrogens with zero attached hydrogens (tertiary/aromatic N) is 1. The number of carbonyl (C=O) groups excluding carboxylic acids is 3. The van der Waals surface area contributed by atoms with Crippen LogP contribution in [0, 0.1) is 11.8 Å². The van der Waals surface area contributed by atoms with E-state index in [2.05, 4.69) is 26.6 Å². The van der Waals surface area contributed by atoms with E-state index in [4.69, 9.17) is 4.74 Å². The number of nitrogens with one attached hydrogen (secondary N) is 2. The molecule has 3 aliphatic heterocycles. The zero-order chi connectivity index (χ0) is 30.1. The number of amides is 3. The zero-order valence-electron chi connectivity index (χ0n) is 24.0. The molecule has 3 unspecified atom stereocenters.